The van der Waals surface area contributed by atoms with E-state index in [0.717, 1.165) is 6.42 Å². The summed E-state index contributed by atoms with van der Waals surface area (Å²) >= 11 is 0. The molecular weight excluding hydrogens is 160 g/mol. The third-order valence-corrected chi connectivity index (χ3v) is 2.72. The van der Waals surface area contributed by atoms with Crippen LogP contribution in [0.25, 0.3) is 0 Å². The summed E-state index contributed by atoms with van der Waals surface area (Å²) in [5.41, 5.74) is 0. The van der Waals surface area contributed by atoms with Gasteiger partial charge in [-0.2, -0.15) is 0 Å². The zero-order chi connectivity index (χ0) is 9.68. The number of carbonyl (C=O) groups is 1. The Labute approximate surface area is 81.2 Å². The Bertz CT molecular complexity index is 193. The normalized spacial score (nSPS) is 26.6. The van der Waals surface area contributed by atoms with Crippen LogP contribution in [-0.4, -0.2) is 5.78 Å². The Kier molecular flexibility index (Phi) is 4.20. The third kappa shape index (κ3) is 3.75. The second-order valence-electron chi connectivity index (χ2n) is 4.04. The standard InChI is InChI=1S/C12H20O/c1-3-4-5-6-7-8-11-9-12(11)10(2)13/h7-8,11-12H,3-6,9H2,1-2H3/b8-7-/t11?,12-/m1/s1. The summed E-state index contributed by atoms with van der Waals surface area (Å²) in [4.78, 5) is 10.9. The molecule has 0 aromatic carbocycles. The van der Waals surface area contributed by atoms with Gasteiger partial charge in [-0.1, -0.05) is 31.9 Å². The molecule has 1 aliphatic carbocycles. The summed E-state index contributed by atoms with van der Waals surface area (Å²) in [5, 5.41) is 0. The Morgan fingerprint density at radius 3 is 2.77 bits per heavy atom. The SMILES string of the molecule is CCCCC/C=C\C1C[C@@H]1C(C)=O. The molecule has 0 saturated heterocycles. The molecule has 1 heteroatoms. The van der Waals surface area contributed by atoms with Crippen molar-refractivity contribution in [2.75, 3.05) is 0 Å². The molecule has 0 spiro atoms. The van der Waals surface area contributed by atoms with Crippen LogP contribution in [0.3, 0.4) is 0 Å². The lowest BCUT2D eigenvalue weighted by molar-refractivity contribution is -0.118. The smallest absolute Gasteiger partial charge is 0.133 e. The van der Waals surface area contributed by atoms with Crippen molar-refractivity contribution in [2.45, 2.75) is 46.0 Å². The number of hydrogen-bond donors (Lipinski definition) is 0. The van der Waals surface area contributed by atoms with Crippen molar-refractivity contribution in [3.05, 3.63) is 12.2 Å². The molecule has 74 valence electrons. The molecule has 1 fully saturated rings. The topological polar surface area (TPSA) is 17.1 Å². The van der Waals surface area contributed by atoms with Gasteiger partial charge >= 0.3 is 0 Å². The van der Waals surface area contributed by atoms with Gasteiger partial charge in [-0.15, -0.1) is 0 Å². The predicted molar refractivity (Wildman–Crippen MR) is 55.6 cm³/mol. The van der Waals surface area contributed by atoms with Gasteiger partial charge in [0.1, 0.15) is 5.78 Å². The highest BCUT2D eigenvalue weighted by molar-refractivity contribution is 5.81. The first-order valence-corrected chi connectivity index (χ1v) is 5.42. The fourth-order valence-electron chi connectivity index (χ4n) is 1.68. The molecule has 1 rings (SSSR count). The molecule has 0 heterocycles. The van der Waals surface area contributed by atoms with E-state index in [0.29, 0.717) is 17.6 Å². The van der Waals surface area contributed by atoms with Crippen LogP contribution in [0, 0.1) is 11.8 Å². The minimum Gasteiger partial charge on any atom is -0.300 e. The molecule has 13 heavy (non-hydrogen) atoms. The van der Waals surface area contributed by atoms with Crippen LogP contribution in [0.5, 0.6) is 0 Å². The van der Waals surface area contributed by atoms with Crippen LogP contribution < -0.4 is 0 Å². The summed E-state index contributed by atoms with van der Waals surface area (Å²) in [6.07, 6.45) is 10.7. The summed E-state index contributed by atoms with van der Waals surface area (Å²) < 4.78 is 0. The summed E-state index contributed by atoms with van der Waals surface area (Å²) in [6.45, 7) is 3.92. The predicted octanol–water partition coefficient (Wildman–Crippen LogP) is 3.35. The lowest BCUT2D eigenvalue weighted by Crippen LogP contribution is -1.93. The van der Waals surface area contributed by atoms with Crippen molar-refractivity contribution in [1.29, 1.82) is 0 Å². The number of allylic oxidation sites excluding steroid dienone is 2. The molecular formula is C12H20O. The number of rotatable bonds is 6. The molecule has 0 aliphatic heterocycles. The number of unbranched alkanes of at least 4 members (excludes halogenated alkanes) is 3. The first-order valence-electron chi connectivity index (χ1n) is 5.42. The second-order valence-corrected chi connectivity index (χ2v) is 4.04. The lowest BCUT2D eigenvalue weighted by atomic mass is 10.1. The van der Waals surface area contributed by atoms with E-state index in [-0.39, 0.29) is 0 Å². The number of carbonyl (C=O) groups excluding carboxylic acids is 1. The Hall–Kier alpha value is -0.590. The van der Waals surface area contributed by atoms with Gasteiger partial charge in [-0.05, 0) is 32.1 Å². The summed E-state index contributed by atoms with van der Waals surface area (Å²) in [6, 6.07) is 0. The zero-order valence-corrected chi connectivity index (χ0v) is 8.75. The molecule has 2 atom stereocenters. The van der Waals surface area contributed by atoms with Crippen molar-refractivity contribution < 1.29 is 4.79 Å². The Morgan fingerprint density at radius 1 is 1.46 bits per heavy atom. The summed E-state index contributed by atoms with van der Waals surface area (Å²) in [7, 11) is 0. The van der Waals surface area contributed by atoms with E-state index in [2.05, 4.69) is 19.1 Å². The zero-order valence-electron chi connectivity index (χ0n) is 8.75. The molecule has 1 unspecified atom stereocenters. The summed E-state index contributed by atoms with van der Waals surface area (Å²) in [5.74, 6) is 1.31. The van der Waals surface area contributed by atoms with Gasteiger partial charge in [-0.3, -0.25) is 4.79 Å². The van der Waals surface area contributed by atoms with Crippen LogP contribution >= 0.6 is 0 Å². The molecule has 1 nitrogen and oxygen atoms in total. The molecule has 0 aromatic heterocycles. The molecule has 0 radical (unpaired) electrons. The number of ketones is 1. The minimum absolute atomic E-state index is 0.363. The van der Waals surface area contributed by atoms with Gasteiger partial charge in [-0.25, -0.2) is 0 Å². The van der Waals surface area contributed by atoms with E-state index >= 15 is 0 Å². The number of Topliss-reactive ketones (excluding diaryl/α,β-unsaturated/α-hetero) is 1. The van der Waals surface area contributed by atoms with Crippen LogP contribution in [0.2, 0.25) is 0 Å². The minimum atomic E-state index is 0.363. The maximum Gasteiger partial charge on any atom is 0.133 e. The lowest BCUT2D eigenvalue weighted by Gasteiger charge is -1.91. The molecule has 0 bridgehead atoms. The van der Waals surface area contributed by atoms with Gasteiger partial charge in [0.2, 0.25) is 0 Å². The highest BCUT2D eigenvalue weighted by Gasteiger charge is 2.38. The maximum absolute atomic E-state index is 10.9. The van der Waals surface area contributed by atoms with Crippen molar-refractivity contribution in [3.63, 3.8) is 0 Å². The third-order valence-electron chi connectivity index (χ3n) is 2.72. The second kappa shape index (κ2) is 5.21. The molecule has 0 aromatic rings. The fourth-order valence-corrected chi connectivity index (χ4v) is 1.68. The van der Waals surface area contributed by atoms with Crippen LogP contribution in [0.4, 0.5) is 0 Å². The van der Waals surface area contributed by atoms with Crippen molar-refractivity contribution in [2.24, 2.45) is 11.8 Å². The molecule has 1 saturated carbocycles. The van der Waals surface area contributed by atoms with Crippen LogP contribution in [0.15, 0.2) is 12.2 Å². The number of hydrogen-bond acceptors (Lipinski definition) is 1. The average molecular weight is 180 g/mol. The maximum atomic E-state index is 10.9. The quantitative estimate of drug-likeness (QED) is 0.452. The largest absolute Gasteiger partial charge is 0.300 e. The highest BCUT2D eigenvalue weighted by atomic mass is 16.1. The van der Waals surface area contributed by atoms with E-state index in [1.165, 1.54) is 25.7 Å². The van der Waals surface area contributed by atoms with Gasteiger partial charge in [0.25, 0.3) is 0 Å². The first kappa shape index (κ1) is 10.5. The van der Waals surface area contributed by atoms with Gasteiger partial charge in [0.15, 0.2) is 0 Å². The van der Waals surface area contributed by atoms with Crippen LogP contribution in [0.1, 0.15) is 46.0 Å². The van der Waals surface area contributed by atoms with Gasteiger partial charge in [0, 0.05) is 5.92 Å². The monoisotopic (exact) mass is 180 g/mol. The molecule has 0 amide bonds. The molecule has 0 N–H and O–H groups in total. The highest BCUT2D eigenvalue weighted by Crippen LogP contribution is 2.40. The van der Waals surface area contributed by atoms with Crippen LogP contribution in [-0.2, 0) is 4.79 Å². The van der Waals surface area contributed by atoms with Crippen molar-refractivity contribution in [1.82, 2.24) is 0 Å². The van der Waals surface area contributed by atoms with Crippen molar-refractivity contribution in [3.8, 4) is 0 Å². The first-order chi connectivity index (χ1) is 6.25. The molecule has 1 aliphatic rings. The van der Waals surface area contributed by atoms with Gasteiger partial charge < -0.3 is 0 Å². The Balaban J connectivity index is 2.03. The van der Waals surface area contributed by atoms with E-state index in [9.17, 15) is 4.79 Å². The van der Waals surface area contributed by atoms with E-state index in [1.807, 2.05) is 0 Å². The average Bonchev–Trinajstić information content (AvgIpc) is 2.83. The fraction of sp³-hybridized carbons (Fsp3) is 0.750. The van der Waals surface area contributed by atoms with E-state index < -0.39 is 0 Å². The van der Waals surface area contributed by atoms with Gasteiger partial charge in [0.05, 0.1) is 0 Å². The van der Waals surface area contributed by atoms with Crippen molar-refractivity contribution >= 4 is 5.78 Å². The Morgan fingerprint density at radius 2 is 2.23 bits per heavy atom. The van der Waals surface area contributed by atoms with E-state index in [4.69, 9.17) is 0 Å². The van der Waals surface area contributed by atoms with E-state index in [1.54, 1.807) is 6.92 Å².